The average molecular weight is 478 g/mol. The highest BCUT2D eigenvalue weighted by Gasteiger charge is 2.16. The Hall–Kier alpha value is -4.36. The molecule has 2 aromatic carbocycles. The van der Waals surface area contributed by atoms with Crippen molar-refractivity contribution >= 4 is 21.8 Å². The normalized spacial score (nSPS) is 12.4. The average Bonchev–Trinajstić information content (AvgIpc) is 3.67. The van der Waals surface area contributed by atoms with Crippen molar-refractivity contribution in [3.63, 3.8) is 0 Å². The zero-order valence-electron chi connectivity index (χ0n) is 20.2. The van der Waals surface area contributed by atoms with Crippen molar-refractivity contribution in [2.45, 2.75) is 19.4 Å². The lowest BCUT2D eigenvalue weighted by Crippen LogP contribution is -2.33. The molecule has 0 amide bonds. The van der Waals surface area contributed by atoms with Crippen LogP contribution in [0.5, 0.6) is 5.75 Å². The third-order valence-corrected chi connectivity index (χ3v) is 6.71. The summed E-state index contributed by atoms with van der Waals surface area (Å²) in [6, 6.07) is 18.7. The summed E-state index contributed by atoms with van der Waals surface area (Å²) in [6.45, 7) is 2.54. The van der Waals surface area contributed by atoms with E-state index in [0.717, 1.165) is 56.7 Å². The summed E-state index contributed by atoms with van der Waals surface area (Å²) in [6.07, 6.45) is 8.10. The number of nitrogens with zero attached hydrogens (tertiary/aromatic N) is 2. The summed E-state index contributed by atoms with van der Waals surface area (Å²) in [4.78, 5) is 8.13. The molecule has 0 aliphatic heterocycles. The van der Waals surface area contributed by atoms with Crippen molar-refractivity contribution in [1.29, 1.82) is 0 Å². The number of aromatic nitrogens is 4. The third-order valence-electron chi connectivity index (χ3n) is 6.71. The van der Waals surface area contributed by atoms with Gasteiger partial charge in [-0.3, -0.25) is 10.1 Å². The molecule has 0 bridgehead atoms. The quantitative estimate of drug-likeness (QED) is 0.254. The molecule has 0 saturated heterocycles. The highest BCUT2D eigenvalue weighted by Crippen LogP contribution is 2.35. The summed E-state index contributed by atoms with van der Waals surface area (Å²) >= 11 is 0. The van der Waals surface area contributed by atoms with Gasteiger partial charge in [0.1, 0.15) is 12.4 Å². The minimum absolute atomic E-state index is 0.145. The van der Waals surface area contributed by atoms with Crippen LogP contribution in [0.1, 0.15) is 11.3 Å². The SMILES string of the molecule is CN[C@H](COc1cnc(-c2ccoc2)c(-c2ccc3n[nH]c(C)c3c2)c1)Cc1c[nH]c2ccccc12. The second kappa shape index (κ2) is 9.36. The van der Waals surface area contributed by atoms with Crippen LogP contribution in [0, 0.1) is 6.92 Å². The van der Waals surface area contributed by atoms with Crippen molar-refractivity contribution in [3.8, 4) is 28.1 Å². The summed E-state index contributed by atoms with van der Waals surface area (Å²) < 4.78 is 11.6. The number of likely N-dealkylation sites (N-methyl/N-ethyl adjacent to an activating group) is 1. The van der Waals surface area contributed by atoms with Crippen molar-refractivity contribution in [1.82, 2.24) is 25.5 Å². The fraction of sp³-hybridized carbons (Fsp3) is 0.172. The number of aromatic amines is 2. The van der Waals surface area contributed by atoms with E-state index in [1.165, 1.54) is 10.9 Å². The fourth-order valence-electron chi connectivity index (χ4n) is 4.69. The van der Waals surface area contributed by atoms with Gasteiger partial charge >= 0.3 is 0 Å². The first-order valence-corrected chi connectivity index (χ1v) is 12.0. The van der Waals surface area contributed by atoms with E-state index in [-0.39, 0.29) is 6.04 Å². The number of para-hydroxylation sites is 1. The van der Waals surface area contributed by atoms with Gasteiger partial charge < -0.3 is 19.5 Å². The molecule has 7 nitrogen and oxygen atoms in total. The number of H-pyrrole nitrogens is 2. The molecule has 4 heterocycles. The minimum Gasteiger partial charge on any atom is -0.490 e. The van der Waals surface area contributed by atoms with Gasteiger partial charge in [-0.2, -0.15) is 5.10 Å². The number of benzene rings is 2. The molecule has 3 N–H and O–H groups in total. The maximum absolute atomic E-state index is 6.27. The molecule has 4 aromatic heterocycles. The summed E-state index contributed by atoms with van der Waals surface area (Å²) in [5.41, 5.74) is 8.19. The Morgan fingerprint density at radius 2 is 1.97 bits per heavy atom. The van der Waals surface area contributed by atoms with E-state index in [2.05, 4.69) is 63.1 Å². The number of rotatable bonds is 8. The van der Waals surface area contributed by atoms with Crippen LogP contribution in [-0.4, -0.2) is 39.9 Å². The standard InChI is InChI=1S/C29H27N5O2/c1-18-25-12-19(7-8-28(25)34-33-18)26-13-23(15-32-29(26)20-9-10-35-16-20)36-17-22(30-2)11-21-14-31-27-6-4-3-5-24(21)27/h3-10,12-16,22,30-31H,11,17H2,1-2H3,(H,33,34)/t22-/m0/s1. The van der Waals surface area contributed by atoms with E-state index in [1.54, 1.807) is 18.7 Å². The van der Waals surface area contributed by atoms with E-state index in [1.807, 2.05) is 32.2 Å². The monoisotopic (exact) mass is 477 g/mol. The topological polar surface area (TPSA) is 91.8 Å². The first-order chi connectivity index (χ1) is 17.7. The molecule has 0 fully saturated rings. The minimum atomic E-state index is 0.145. The molecule has 0 aliphatic rings. The fourth-order valence-corrected chi connectivity index (χ4v) is 4.69. The lowest BCUT2D eigenvalue weighted by Gasteiger charge is -2.18. The van der Waals surface area contributed by atoms with Gasteiger partial charge in [0.05, 0.1) is 29.9 Å². The first-order valence-electron chi connectivity index (χ1n) is 12.0. The van der Waals surface area contributed by atoms with Crippen molar-refractivity contribution in [3.05, 3.63) is 90.8 Å². The van der Waals surface area contributed by atoms with E-state index in [4.69, 9.17) is 14.1 Å². The van der Waals surface area contributed by atoms with Gasteiger partial charge in [-0.1, -0.05) is 24.3 Å². The van der Waals surface area contributed by atoms with E-state index in [0.29, 0.717) is 6.61 Å². The number of furan rings is 1. The maximum Gasteiger partial charge on any atom is 0.138 e. The summed E-state index contributed by atoms with van der Waals surface area (Å²) in [5, 5.41) is 13.2. The predicted molar refractivity (Wildman–Crippen MR) is 142 cm³/mol. The highest BCUT2D eigenvalue weighted by atomic mass is 16.5. The Morgan fingerprint density at radius 1 is 1.06 bits per heavy atom. The Kier molecular flexibility index (Phi) is 5.75. The van der Waals surface area contributed by atoms with Crippen molar-refractivity contribution < 1.29 is 9.15 Å². The number of hydrogen-bond donors (Lipinski definition) is 3. The molecular formula is C29H27N5O2. The Balaban J connectivity index is 1.28. The molecule has 36 heavy (non-hydrogen) atoms. The zero-order chi connectivity index (χ0) is 24.5. The largest absolute Gasteiger partial charge is 0.490 e. The predicted octanol–water partition coefficient (Wildman–Crippen LogP) is 5.88. The molecule has 0 unspecified atom stereocenters. The number of nitrogens with one attached hydrogen (secondary N) is 3. The van der Waals surface area contributed by atoms with Crippen LogP contribution in [0.2, 0.25) is 0 Å². The number of ether oxygens (including phenoxy) is 1. The van der Waals surface area contributed by atoms with E-state index in [9.17, 15) is 0 Å². The van der Waals surface area contributed by atoms with Crippen LogP contribution in [0.4, 0.5) is 0 Å². The smallest absolute Gasteiger partial charge is 0.138 e. The lowest BCUT2D eigenvalue weighted by molar-refractivity contribution is 0.269. The number of pyridine rings is 1. The molecule has 0 radical (unpaired) electrons. The maximum atomic E-state index is 6.27. The first kappa shape index (κ1) is 22.1. The van der Waals surface area contributed by atoms with Crippen LogP contribution >= 0.6 is 0 Å². The van der Waals surface area contributed by atoms with Gasteiger partial charge in [-0.15, -0.1) is 0 Å². The zero-order valence-corrected chi connectivity index (χ0v) is 20.2. The molecular weight excluding hydrogens is 450 g/mol. The van der Waals surface area contributed by atoms with Gasteiger partial charge in [0.2, 0.25) is 0 Å². The van der Waals surface area contributed by atoms with E-state index >= 15 is 0 Å². The van der Waals surface area contributed by atoms with Crippen LogP contribution in [0.15, 0.2) is 83.9 Å². The van der Waals surface area contributed by atoms with Crippen molar-refractivity contribution in [2.75, 3.05) is 13.7 Å². The van der Waals surface area contributed by atoms with Crippen molar-refractivity contribution in [2.24, 2.45) is 0 Å². The van der Waals surface area contributed by atoms with Gasteiger partial charge in [-0.05, 0) is 61.9 Å². The Morgan fingerprint density at radius 3 is 2.83 bits per heavy atom. The Bertz CT molecular complexity index is 1630. The molecule has 1 atom stereocenters. The van der Waals surface area contributed by atoms with E-state index < -0.39 is 0 Å². The Labute approximate surface area is 208 Å². The van der Waals surface area contributed by atoms with Gasteiger partial charge in [-0.25, -0.2) is 0 Å². The number of aryl methyl sites for hydroxylation is 1. The van der Waals surface area contributed by atoms with Crippen LogP contribution in [0.25, 0.3) is 44.2 Å². The van der Waals surface area contributed by atoms with Gasteiger partial charge in [0.15, 0.2) is 0 Å². The number of hydrogen-bond acceptors (Lipinski definition) is 5. The summed E-state index contributed by atoms with van der Waals surface area (Å²) in [5.74, 6) is 0.723. The second-order valence-electron chi connectivity index (χ2n) is 9.02. The van der Waals surface area contributed by atoms with Crippen LogP contribution in [-0.2, 0) is 6.42 Å². The molecule has 0 saturated carbocycles. The molecule has 180 valence electrons. The lowest BCUT2D eigenvalue weighted by atomic mass is 9.99. The molecule has 6 aromatic rings. The molecule has 0 aliphatic carbocycles. The third kappa shape index (κ3) is 4.14. The molecule has 6 rings (SSSR count). The summed E-state index contributed by atoms with van der Waals surface area (Å²) in [7, 11) is 1.97. The highest BCUT2D eigenvalue weighted by molar-refractivity contribution is 5.90. The molecule has 0 spiro atoms. The van der Waals surface area contributed by atoms with Gasteiger partial charge in [0.25, 0.3) is 0 Å². The van der Waals surface area contributed by atoms with Gasteiger partial charge in [0, 0.05) is 45.3 Å². The van der Waals surface area contributed by atoms with Crippen LogP contribution < -0.4 is 10.1 Å². The number of fused-ring (bicyclic) bond motifs is 2. The molecule has 7 heteroatoms. The second-order valence-corrected chi connectivity index (χ2v) is 9.02. The van der Waals surface area contributed by atoms with Crippen LogP contribution in [0.3, 0.4) is 0 Å².